The molecule has 9 heavy (non-hydrogen) atoms. The number of rotatable bonds is 1. The van der Waals surface area contributed by atoms with Crippen molar-refractivity contribution in [3.05, 3.63) is 36.2 Å². The number of hydrogen-bond donors (Lipinski definition) is 1. The van der Waals surface area contributed by atoms with E-state index in [1.807, 2.05) is 0 Å². The molecule has 0 amide bonds. The van der Waals surface area contributed by atoms with E-state index < -0.39 is 0 Å². The minimum Gasteiger partial charge on any atom is -0.382 e. The molecule has 1 rings (SSSR count). The van der Waals surface area contributed by atoms with Crippen LogP contribution in [0.25, 0.3) is 0 Å². The van der Waals surface area contributed by atoms with Crippen LogP contribution in [0.5, 0.6) is 0 Å². The monoisotopic (exact) mass is 122 g/mol. The largest absolute Gasteiger partial charge is 0.382 e. The van der Waals surface area contributed by atoms with Gasteiger partial charge in [0.05, 0.1) is 0 Å². The topological polar surface area (TPSA) is 33.1 Å². The smallest absolute Gasteiger partial charge is 0.119 e. The maximum Gasteiger partial charge on any atom is 0.119 e. The average Bonchev–Trinajstić information content (AvgIpc) is 1.90. The Morgan fingerprint density at radius 3 is 2.33 bits per heavy atom. The highest BCUT2D eigenvalue weighted by atomic mass is 16.3. The lowest BCUT2D eigenvalue weighted by atomic mass is 10.2. The summed E-state index contributed by atoms with van der Waals surface area (Å²) in [7, 11) is 0. The molecule has 0 bridgehead atoms. The number of nitrogens with zero attached hydrogens (tertiary/aromatic N) is 1. The number of aliphatic hydroxyl groups is 1. The minimum atomic E-state index is 0.331. The van der Waals surface area contributed by atoms with Crippen LogP contribution in [0.1, 0.15) is 12.5 Å². The van der Waals surface area contributed by atoms with Gasteiger partial charge in [-0.05, 0) is 24.6 Å². The molecule has 1 N–H and O–H groups in total. The summed E-state index contributed by atoms with van der Waals surface area (Å²) in [6.45, 7) is 1.65. The van der Waals surface area contributed by atoms with E-state index in [-0.39, 0.29) is 0 Å². The Hall–Kier alpha value is -0.890. The van der Waals surface area contributed by atoms with Gasteiger partial charge in [0, 0.05) is 12.4 Å². The maximum atomic E-state index is 8.91. The Bertz CT molecular complexity index is 172. The Balaban J connectivity index is 2.85. The molecule has 0 atom stereocenters. The van der Waals surface area contributed by atoms with Crippen LogP contribution >= 0.6 is 0 Å². The van der Waals surface area contributed by atoms with Gasteiger partial charge in [-0.1, -0.05) is 0 Å². The first-order valence-electron chi connectivity index (χ1n) is 2.73. The molecule has 2 heteroatoms. The van der Waals surface area contributed by atoms with Crippen LogP contribution in [0.3, 0.4) is 0 Å². The summed E-state index contributed by atoms with van der Waals surface area (Å²) in [5.74, 6) is 0. The van der Waals surface area contributed by atoms with Crippen molar-refractivity contribution in [2.45, 2.75) is 6.92 Å². The van der Waals surface area contributed by atoms with Gasteiger partial charge < -0.3 is 5.11 Å². The predicted molar refractivity (Wildman–Crippen MR) is 34.2 cm³/mol. The Kier molecular flexibility index (Phi) is 1.80. The van der Waals surface area contributed by atoms with E-state index in [1.165, 1.54) is 0 Å². The van der Waals surface area contributed by atoms with Gasteiger partial charge in [-0.25, -0.2) is 0 Å². The van der Waals surface area contributed by atoms with Crippen LogP contribution < -0.4 is 0 Å². The second-order valence-electron chi connectivity index (χ2n) is 1.82. The van der Waals surface area contributed by atoms with Crippen molar-refractivity contribution in [3.8, 4) is 0 Å². The highest BCUT2D eigenvalue weighted by Gasteiger charge is 1.97. The number of aliphatic hydroxyl groups excluding tert-OH is 1. The van der Waals surface area contributed by atoms with Crippen LogP contribution in [-0.4, -0.2) is 10.1 Å². The lowest BCUT2D eigenvalue weighted by Crippen LogP contribution is -1.90. The number of hydrogen-bond acceptors (Lipinski definition) is 2. The summed E-state index contributed by atoms with van der Waals surface area (Å²) in [4.78, 5) is 3.80. The summed E-state index contributed by atoms with van der Waals surface area (Å²) in [6.07, 6.45) is 3.63. The van der Waals surface area contributed by atoms with E-state index in [4.69, 9.17) is 5.11 Å². The second kappa shape index (κ2) is 2.60. The molecule has 0 aromatic carbocycles. The normalized spacial score (nSPS) is 10.1. The molecule has 1 heterocycles. The van der Waals surface area contributed by atoms with Crippen molar-refractivity contribution in [1.82, 2.24) is 4.98 Å². The van der Waals surface area contributed by atoms with Crippen LogP contribution in [0.2, 0.25) is 0 Å². The quantitative estimate of drug-likeness (QED) is 0.610. The number of aromatic nitrogens is 1. The molecule has 47 valence electrons. The van der Waals surface area contributed by atoms with Crippen molar-refractivity contribution in [2.24, 2.45) is 0 Å². The third-order valence-electron chi connectivity index (χ3n) is 1.10. The van der Waals surface area contributed by atoms with Crippen molar-refractivity contribution < 1.29 is 5.11 Å². The first kappa shape index (κ1) is 6.23. The van der Waals surface area contributed by atoms with Gasteiger partial charge in [0.1, 0.15) is 6.10 Å². The lowest BCUT2D eigenvalue weighted by Gasteiger charge is -1.98. The molecular weight excluding hydrogens is 114 g/mol. The highest BCUT2D eigenvalue weighted by Crippen LogP contribution is 2.06. The molecule has 0 aliphatic carbocycles. The van der Waals surface area contributed by atoms with E-state index in [0.29, 0.717) is 6.10 Å². The van der Waals surface area contributed by atoms with Crippen molar-refractivity contribution >= 4 is 0 Å². The van der Waals surface area contributed by atoms with Gasteiger partial charge in [0.25, 0.3) is 0 Å². The van der Waals surface area contributed by atoms with Gasteiger partial charge in [-0.15, -0.1) is 0 Å². The molecule has 0 saturated carbocycles. The molecular formula is C7H8NO. The van der Waals surface area contributed by atoms with Gasteiger partial charge in [-0.3, -0.25) is 4.98 Å². The fourth-order valence-corrected chi connectivity index (χ4v) is 0.593. The third kappa shape index (κ3) is 1.50. The summed E-state index contributed by atoms with van der Waals surface area (Å²) in [5.41, 5.74) is 0.824. The van der Waals surface area contributed by atoms with Crippen LogP contribution in [0.4, 0.5) is 0 Å². The van der Waals surface area contributed by atoms with E-state index >= 15 is 0 Å². The molecule has 1 aromatic heterocycles. The molecule has 0 saturated heterocycles. The standard InChI is InChI=1S/C7H8NO/c1-6(9)7-2-4-8-5-3-7/h2-5,9H,1H3. The Morgan fingerprint density at radius 1 is 1.44 bits per heavy atom. The predicted octanol–water partition coefficient (Wildman–Crippen LogP) is 1.35. The number of pyridine rings is 1. The van der Waals surface area contributed by atoms with Crippen LogP contribution in [-0.2, 0) is 0 Å². The van der Waals surface area contributed by atoms with Crippen molar-refractivity contribution in [2.75, 3.05) is 0 Å². The Morgan fingerprint density at radius 2 is 2.00 bits per heavy atom. The average molecular weight is 122 g/mol. The molecule has 0 aliphatic rings. The molecule has 1 radical (unpaired) electrons. The van der Waals surface area contributed by atoms with E-state index in [2.05, 4.69) is 4.98 Å². The highest BCUT2D eigenvalue weighted by molar-refractivity contribution is 5.21. The molecule has 0 unspecified atom stereocenters. The van der Waals surface area contributed by atoms with Gasteiger partial charge >= 0.3 is 0 Å². The fourth-order valence-electron chi connectivity index (χ4n) is 0.593. The second-order valence-corrected chi connectivity index (χ2v) is 1.82. The summed E-state index contributed by atoms with van der Waals surface area (Å²) in [5, 5.41) is 8.91. The first-order chi connectivity index (χ1) is 4.30. The zero-order valence-electron chi connectivity index (χ0n) is 5.20. The summed E-state index contributed by atoms with van der Waals surface area (Å²) >= 11 is 0. The van der Waals surface area contributed by atoms with Gasteiger partial charge in [-0.2, -0.15) is 0 Å². The minimum absolute atomic E-state index is 0.331. The molecule has 2 nitrogen and oxygen atoms in total. The zero-order valence-corrected chi connectivity index (χ0v) is 5.20. The molecule has 0 spiro atoms. The van der Waals surface area contributed by atoms with E-state index in [1.54, 1.807) is 31.5 Å². The molecule has 0 aliphatic heterocycles. The Labute approximate surface area is 54.2 Å². The van der Waals surface area contributed by atoms with Crippen molar-refractivity contribution in [1.29, 1.82) is 0 Å². The zero-order chi connectivity index (χ0) is 6.69. The van der Waals surface area contributed by atoms with Gasteiger partial charge in [0.15, 0.2) is 0 Å². The maximum absolute atomic E-state index is 8.91. The summed E-state index contributed by atoms with van der Waals surface area (Å²) in [6, 6.07) is 3.52. The molecule has 1 aromatic rings. The van der Waals surface area contributed by atoms with Crippen LogP contribution in [0.15, 0.2) is 24.5 Å². The summed E-state index contributed by atoms with van der Waals surface area (Å²) < 4.78 is 0. The van der Waals surface area contributed by atoms with E-state index in [9.17, 15) is 0 Å². The SMILES string of the molecule is C[C](O)c1ccncc1. The molecule has 0 fully saturated rings. The fraction of sp³-hybridized carbons (Fsp3) is 0.143. The lowest BCUT2D eigenvalue weighted by molar-refractivity contribution is 0.341. The van der Waals surface area contributed by atoms with Crippen LogP contribution in [0, 0.1) is 6.10 Å². The first-order valence-corrected chi connectivity index (χ1v) is 2.73. The van der Waals surface area contributed by atoms with E-state index in [0.717, 1.165) is 5.56 Å². The van der Waals surface area contributed by atoms with Gasteiger partial charge in [0.2, 0.25) is 0 Å². The third-order valence-corrected chi connectivity index (χ3v) is 1.10. The van der Waals surface area contributed by atoms with Crippen molar-refractivity contribution in [3.63, 3.8) is 0 Å².